The van der Waals surface area contributed by atoms with Crippen molar-refractivity contribution in [1.82, 2.24) is 5.32 Å². The zero-order valence-corrected chi connectivity index (χ0v) is 11.1. The fourth-order valence-corrected chi connectivity index (χ4v) is 2.28. The number of ether oxygens (including phenoxy) is 1. The summed E-state index contributed by atoms with van der Waals surface area (Å²) < 4.78 is 5.22. The van der Waals surface area contributed by atoms with Crippen LogP contribution in [0.3, 0.4) is 0 Å². The van der Waals surface area contributed by atoms with Gasteiger partial charge >= 0.3 is 0 Å². The summed E-state index contributed by atoms with van der Waals surface area (Å²) in [7, 11) is 0. The fourth-order valence-electron chi connectivity index (χ4n) is 2.28. The number of hydrogen-bond donors (Lipinski definition) is 1. The minimum Gasteiger partial charge on any atom is -0.381 e. The highest BCUT2D eigenvalue weighted by Gasteiger charge is 2.40. The molecule has 0 atom stereocenters. The zero-order valence-electron chi connectivity index (χ0n) is 11.1. The summed E-state index contributed by atoms with van der Waals surface area (Å²) in [5.74, 6) is -0.181. The van der Waals surface area contributed by atoms with E-state index in [1.54, 1.807) is 0 Å². The molecule has 0 unspecified atom stereocenters. The van der Waals surface area contributed by atoms with Gasteiger partial charge in [-0.05, 0) is 25.3 Å². The Morgan fingerprint density at radius 2 is 2.21 bits per heavy atom. The Balaban J connectivity index is 1.99. The first-order valence-electron chi connectivity index (χ1n) is 6.49. The number of nitriles is 1. The van der Waals surface area contributed by atoms with Gasteiger partial charge in [0.2, 0.25) is 5.91 Å². The van der Waals surface area contributed by atoms with E-state index in [0.717, 1.165) is 11.1 Å². The summed E-state index contributed by atoms with van der Waals surface area (Å²) in [6.07, 6.45) is 0.951. The second kappa shape index (κ2) is 5.85. The van der Waals surface area contributed by atoms with Gasteiger partial charge in [0, 0.05) is 19.8 Å². The lowest BCUT2D eigenvalue weighted by Gasteiger charge is -2.29. The van der Waals surface area contributed by atoms with E-state index >= 15 is 0 Å². The first kappa shape index (κ1) is 13.6. The van der Waals surface area contributed by atoms with E-state index < -0.39 is 5.41 Å². The molecule has 1 amide bonds. The van der Waals surface area contributed by atoms with Gasteiger partial charge < -0.3 is 10.1 Å². The number of benzene rings is 1. The molecule has 1 heterocycles. The molecule has 0 spiro atoms. The van der Waals surface area contributed by atoms with Gasteiger partial charge in [0.15, 0.2) is 0 Å². The number of carbonyl (C=O) groups excluding carboxylic acids is 1. The summed E-state index contributed by atoms with van der Waals surface area (Å²) in [5, 5.41) is 12.2. The van der Waals surface area contributed by atoms with Gasteiger partial charge in [-0.1, -0.05) is 29.8 Å². The minimum absolute atomic E-state index is 0.181. The molecule has 0 radical (unpaired) electrons. The average molecular weight is 258 g/mol. The van der Waals surface area contributed by atoms with Gasteiger partial charge in [-0.3, -0.25) is 4.79 Å². The smallest absolute Gasteiger partial charge is 0.240 e. The van der Waals surface area contributed by atoms with Crippen LogP contribution in [0.15, 0.2) is 24.3 Å². The lowest BCUT2D eigenvalue weighted by atomic mass is 9.81. The van der Waals surface area contributed by atoms with Gasteiger partial charge in [0.1, 0.15) is 5.41 Å². The van der Waals surface area contributed by atoms with Crippen LogP contribution in [-0.2, 0) is 16.1 Å². The molecule has 1 fully saturated rings. The highest BCUT2D eigenvalue weighted by molar-refractivity contribution is 5.85. The molecule has 0 aromatic heterocycles. The van der Waals surface area contributed by atoms with Crippen LogP contribution in [-0.4, -0.2) is 19.1 Å². The van der Waals surface area contributed by atoms with Crippen LogP contribution in [0.4, 0.5) is 0 Å². The van der Waals surface area contributed by atoms with Crippen LogP contribution in [0.5, 0.6) is 0 Å². The van der Waals surface area contributed by atoms with E-state index in [4.69, 9.17) is 4.74 Å². The minimum atomic E-state index is -0.915. The molecule has 19 heavy (non-hydrogen) atoms. The standard InChI is InChI=1S/C15H18N2O2/c1-12-3-2-4-13(9-12)10-17-14(18)15(11-16)5-7-19-8-6-15/h2-4,9H,5-8,10H2,1H3,(H,17,18). The maximum atomic E-state index is 12.2. The number of aryl methyl sites for hydroxylation is 1. The Kier molecular flexibility index (Phi) is 4.18. The summed E-state index contributed by atoms with van der Waals surface area (Å²) in [5.41, 5.74) is 1.29. The Labute approximate surface area is 113 Å². The molecular formula is C15H18N2O2. The van der Waals surface area contributed by atoms with Crippen molar-refractivity contribution in [3.8, 4) is 6.07 Å². The van der Waals surface area contributed by atoms with Crippen LogP contribution in [0.25, 0.3) is 0 Å². The third kappa shape index (κ3) is 3.12. The monoisotopic (exact) mass is 258 g/mol. The van der Waals surface area contributed by atoms with E-state index in [-0.39, 0.29) is 5.91 Å². The average Bonchev–Trinajstić information content (AvgIpc) is 2.45. The molecule has 4 heteroatoms. The third-order valence-corrected chi connectivity index (χ3v) is 3.53. The van der Waals surface area contributed by atoms with Gasteiger partial charge in [-0.15, -0.1) is 0 Å². The van der Waals surface area contributed by atoms with Crippen molar-refractivity contribution in [2.75, 3.05) is 13.2 Å². The number of hydrogen-bond acceptors (Lipinski definition) is 3. The molecule has 100 valence electrons. The lowest BCUT2D eigenvalue weighted by molar-refractivity contribution is -0.132. The van der Waals surface area contributed by atoms with Crippen molar-refractivity contribution < 1.29 is 9.53 Å². The largest absolute Gasteiger partial charge is 0.381 e. The molecule has 1 aromatic rings. The zero-order chi connectivity index (χ0) is 13.7. The molecule has 0 aliphatic carbocycles. The molecule has 1 aromatic carbocycles. The van der Waals surface area contributed by atoms with Crippen molar-refractivity contribution in [2.45, 2.75) is 26.3 Å². The van der Waals surface area contributed by atoms with Gasteiger partial charge in [-0.25, -0.2) is 0 Å². The predicted octanol–water partition coefficient (Wildman–Crippen LogP) is 1.93. The van der Waals surface area contributed by atoms with E-state index in [1.807, 2.05) is 31.2 Å². The van der Waals surface area contributed by atoms with Crippen molar-refractivity contribution >= 4 is 5.91 Å². The topological polar surface area (TPSA) is 62.1 Å². The second-order valence-corrected chi connectivity index (χ2v) is 4.98. The summed E-state index contributed by atoms with van der Waals surface area (Å²) in [4.78, 5) is 12.2. The number of amides is 1. The SMILES string of the molecule is Cc1cccc(CNC(=O)C2(C#N)CCOCC2)c1. The molecule has 0 saturated carbocycles. The van der Waals surface area contributed by atoms with Crippen molar-refractivity contribution in [1.29, 1.82) is 5.26 Å². The summed E-state index contributed by atoms with van der Waals surface area (Å²) in [6.45, 7) is 3.43. The number of nitrogens with zero attached hydrogens (tertiary/aromatic N) is 1. The van der Waals surface area contributed by atoms with Crippen LogP contribution >= 0.6 is 0 Å². The third-order valence-electron chi connectivity index (χ3n) is 3.53. The second-order valence-electron chi connectivity index (χ2n) is 4.98. The molecule has 2 rings (SSSR count). The van der Waals surface area contributed by atoms with E-state index in [2.05, 4.69) is 11.4 Å². The van der Waals surface area contributed by atoms with Crippen LogP contribution in [0, 0.1) is 23.7 Å². The lowest BCUT2D eigenvalue weighted by Crippen LogP contribution is -2.43. The number of rotatable bonds is 3. The highest BCUT2D eigenvalue weighted by atomic mass is 16.5. The fraction of sp³-hybridized carbons (Fsp3) is 0.467. The Bertz CT molecular complexity index is 499. The van der Waals surface area contributed by atoms with Crippen molar-refractivity contribution in [3.63, 3.8) is 0 Å². The molecule has 4 nitrogen and oxygen atoms in total. The molecular weight excluding hydrogens is 240 g/mol. The maximum absolute atomic E-state index is 12.2. The summed E-state index contributed by atoms with van der Waals surface area (Å²) in [6, 6.07) is 10.2. The quantitative estimate of drug-likeness (QED) is 0.901. The maximum Gasteiger partial charge on any atom is 0.240 e. The Morgan fingerprint density at radius 1 is 1.47 bits per heavy atom. The van der Waals surface area contributed by atoms with E-state index in [0.29, 0.717) is 32.6 Å². The van der Waals surface area contributed by atoms with Crippen molar-refractivity contribution in [3.05, 3.63) is 35.4 Å². The molecule has 1 aliphatic rings. The molecule has 1 N–H and O–H groups in total. The highest BCUT2D eigenvalue weighted by Crippen LogP contribution is 2.29. The van der Waals surface area contributed by atoms with Crippen molar-refractivity contribution in [2.24, 2.45) is 5.41 Å². The van der Waals surface area contributed by atoms with Gasteiger partial charge in [0.25, 0.3) is 0 Å². The summed E-state index contributed by atoms with van der Waals surface area (Å²) >= 11 is 0. The van der Waals surface area contributed by atoms with Gasteiger partial charge in [-0.2, -0.15) is 5.26 Å². The first-order valence-corrected chi connectivity index (χ1v) is 6.49. The molecule has 1 saturated heterocycles. The normalized spacial score (nSPS) is 17.5. The van der Waals surface area contributed by atoms with Crippen LogP contribution in [0.2, 0.25) is 0 Å². The van der Waals surface area contributed by atoms with Crippen LogP contribution < -0.4 is 5.32 Å². The first-order chi connectivity index (χ1) is 9.16. The van der Waals surface area contributed by atoms with Gasteiger partial charge in [0.05, 0.1) is 6.07 Å². The number of nitrogens with one attached hydrogen (secondary N) is 1. The molecule has 0 bridgehead atoms. The number of carbonyl (C=O) groups is 1. The van der Waals surface area contributed by atoms with Crippen LogP contribution in [0.1, 0.15) is 24.0 Å². The Hall–Kier alpha value is -1.86. The Morgan fingerprint density at radius 3 is 2.84 bits per heavy atom. The predicted molar refractivity (Wildman–Crippen MR) is 71.1 cm³/mol. The molecule has 1 aliphatic heterocycles. The van der Waals surface area contributed by atoms with E-state index in [9.17, 15) is 10.1 Å². The van der Waals surface area contributed by atoms with E-state index in [1.165, 1.54) is 0 Å².